The Labute approximate surface area is 112 Å². The molecule has 1 aliphatic heterocycles. The number of hydrogen-bond acceptors (Lipinski definition) is 2. The predicted molar refractivity (Wildman–Crippen MR) is 76.1 cm³/mol. The Morgan fingerprint density at radius 1 is 1.35 bits per heavy atom. The molecule has 1 heterocycles. The zero-order valence-corrected chi connectivity index (χ0v) is 12.0. The Morgan fingerprint density at radius 3 is 2.65 bits per heavy atom. The van der Waals surface area contributed by atoms with Crippen molar-refractivity contribution in [3.05, 3.63) is 33.8 Å². The van der Waals surface area contributed by atoms with Crippen molar-refractivity contribution in [3.63, 3.8) is 0 Å². The quantitative estimate of drug-likeness (QED) is 0.924. The number of nitrogens with two attached hydrogens (primary N) is 1. The summed E-state index contributed by atoms with van der Waals surface area (Å²) in [6.45, 7) is 5.31. The summed E-state index contributed by atoms with van der Waals surface area (Å²) in [4.78, 5) is 2.57. The fourth-order valence-corrected chi connectivity index (χ4v) is 3.41. The smallest absolute Gasteiger partial charge is 0.0371 e. The number of aryl methyl sites for hydroxylation is 1. The predicted octanol–water partition coefficient (Wildman–Crippen LogP) is 3.24. The maximum atomic E-state index is 5.77. The van der Waals surface area contributed by atoms with E-state index in [0.717, 1.165) is 13.0 Å². The fraction of sp³-hybridized carbons (Fsp3) is 0.571. The van der Waals surface area contributed by atoms with Crippen LogP contribution in [0.25, 0.3) is 0 Å². The van der Waals surface area contributed by atoms with Gasteiger partial charge in [-0.3, -0.25) is 4.90 Å². The highest BCUT2D eigenvalue weighted by atomic mass is 79.9. The summed E-state index contributed by atoms with van der Waals surface area (Å²) >= 11 is 3.70. The SMILES string of the molecule is Cc1ccc(C(CCN)N2CCCC2)c(Br)c1. The first-order valence-corrected chi connectivity index (χ1v) is 7.22. The summed E-state index contributed by atoms with van der Waals surface area (Å²) in [5, 5.41) is 0. The van der Waals surface area contributed by atoms with Crippen LogP contribution < -0.4 is 5.73 Å². The molecule has 0 saturated carbocycles. The molecule has 2 nitrogen and oxygen atoms in total. The van der Waals surface area contributed by atoms with Crippen LogP contribution in [0.4, 0.5) is 0 Å². The van der Waals surface area contributed by atoms with E-state index in [4.69, 9.17) is 5.73 Å². The van der Waals surface area contributed by atoms with Gasteiger partial charge in [0.05, 0.1) is 0 Å². The number of hydrogen-bond donors (Lipinski definition) is 1. The van der Waals surface area contributed by atoms with Gasteiger partial charge in [-0.2, -0.15) is 0 Å². The highest BCUT2D eigenvalue weighted by Crippen LogP contribution is 2.32. The molecule has 1 aromatic rings. The van der Waals surface area contributed by atoms with Gasteiger partial charge in [-0.05, 0) is 63.0 Å². The number of rotatable bonds is 4. The molecule has 1 fully saturated rings. The lowest BCUT2D eigenvalue weighted by molar-refractivity contribution is 0.235. The Bertz CT molecular complexity index is 372. The van der Waals surface area contributed by atoms with E-state index in [1.54, 1.807) is 0 Å². The van der Waals surface area contributed by atoms with E-state index in [9.17, 15) is 0 Å². The van der Waals surface area contributed by atoms with Crippen molar-refractivity contribution in [3.8, 4) is 0 Å². The largest absolute Gasteiger partial charge is 0.330 e. The molecule has 17 heavy (non-hydrogen) atoms. The summed E-state index contributed by atoms with van der Waals surface area (Å²) in [5.74, 6) is 0. The van der Waals surface area contributed by atoms with Crippen LogP contribution in [0.2, 0.25) is 0 Å². The lowest BCUT2D eigenvalue weighted by Gasteiger charge is -2.28. The third kappa shape index (κ3) is 3.09. The van der Waals surface area contributed by atoms with Crippen molar-refractivity contribution in [1.29, 1.82) is 0 Å². The lowest BCUT2D eigenvalue weighted by Crippen LogP contribution is -2.27. The summed E-state index contributed by atoms with van der Waals surface area (Å²) in [6.07, 6.45) is 3.69. The molecule has 1 aliphatic rings. The molecule has 1 unspecified atom stereocenters. The van der Waals surface area contributed by atoms with Crippen LogP contribution in [-0.4, -0.2) is 24.5 Å². The van der Waals surface area contributed by atoms with Crippen molar-refractivity contribution in [2.45, 2.75) is 32.2 Å². The molecule has 3 heteroatoms. The van der Waals surface area contributed by atoms with E-state index in [0.29, 0.717) is 6.04 Å². The second kappa shape index (κ2) is 5.98. The standard InChI is InChI=1S/C14H21BrN2/c1-11-4-5-12(13(15)10-11)14(6-7-16)17-8-2-3-9-17/h4-5,10,14H,2-3,6-9,16H2,1H3. The van der Waals surface area contributed by atoms with E-state index in [-0.39, 0.29) is 0 Å². The van der Waals surface area contributed by atoms with Crippen molar-refractivity contribution in [2.75, 3.05) is 19.6 Å². The first kappa shape index (κ1) is 13.1. The van der Waals surface area contributed by atoms with Gasteiger partial charge in [0.1, 0.15) is 0 Å². The normalized spacial score (nSPS) is 18.5. The van der Waals surface area contributed by atoms with Gasteiger partial charge in [0.25, 0.3) is 0 Å². The number of likely N-dealkylation sites (tertiary alicyclic amines) is 1. The summed E-state index contributed by atoms with van der Waals surface area (Å²) in [6, 6.07) is 7.13. The molecule has 94 valence electrons. The zero-order chi connectivity index (χ0) is 12.3. The minimum Gasteiger partial charge on any atom is -0.330 e. The number of benzene rings is 1. The average molecular weight is 297 g/mol. The first-order valence-electron chi connectivity index (χ1n) is 6.42. The molecule has 0 aliphatic carbocycles. The van der Waals surface area contributed by atoms with Crippen LogP contribution in [0.5, 0.6) is 0 Å². The Balaban J connectivity index is 2.24. The van der Waals surface area contributed by atoms with Crippen LogP contribution in [0, 0.1) is 6.92 Å². The van der Waals surface area contributed by atoms with Crippen LogP contribution in [0.3, 0.4) is 0 Å². The summed E-state index contributed by atoms with van der Waals surface area (Å²) in [7, 11) is 0. The van der Waals surface area contributed by atoms with E-state index in [1.165, 1.54) is 41.5 Å². The molecule has 2 rings (SSSR count). The molecule has 0 spiro atoms. The van der Waals surface area contributed by atoms with Crippen LogP contribution >= 0.6 is 15.9 Å². The van der Waals surface area contributed by atoms with Crippen LogP contribution in [-0.2, 0) is 0 Å². The average Bonchev–Trinajstić information content (AvgIpc) is 2.80. The molecular formula is C14H21BrN2. The maximum Gasteiger partial charge on any atom is 0.0371 e. The second-order valence-electron chi connectivity index (χ2n) is 4.86. The Hall–Kier alpha value is -0.380. The second-order valence-corrected chi connectivity index (χ2v) is 5.72. The molecular weight excluding hydrogens is 276 g/mol. The van der Waals surface area contributed by atoms with Crippen molar-refractivity contribution in [1.82, 2.24) is 4.90 Å². The molecule has 1 saturated heterocycles. The number of nitrogens with zero attached hydrogens (tertiary/aromatic N) is 1. The maximum absolute atomic E-state index is 5.77. The van der Waals surface area contributed by atoms with E-state index < -0.39 is 0 Å². The van der Waals surface area contributed by atoms with Gasteiger partial charge in [0.15, 0.2) is 0 Å². The molecule has 0 amide bonds. The van der Waals surface area contributed by atoms with E-state index in [1.807, 2.05) is 0 Å². The monoisotopic (exact) mass is 296 g/mol. The van der Waals surface area contributed by atoms with Gasteiger partial charge in [-0.25, -0.2) is 0 Å². The molecule has 0 bridgehead atoms. The third-order valence-corrected chi connectivity index (χ3v) is 4.22. The minimum absolute atomic E-state index is 0.484. The molecule has 2 N–H and O–H groups in total. The van der Waals surface area contributed by atoms with Gasteiger partial charge < -0.3 is 5.73 Å². The minimum atomic E-state index is 0.484. The highest BCUT2D eigenvalue weighted by Gasteiger charge is 2.24. The van der Waals surface area contributed by atoms with Gasteiger partial charge in [-0.1, -0.05) is 28.1 Å². The molecule has 1 atom stereocenters. The summed E-state index contributed by atoms with van der Waals surface area (Å²) < 4.78 is 1.22. The van der Waals surface area contributed by atoms with Gasteiger partial charge in [-0.15, -0.1) is 0 Å². The topological polar surface area (TPSA) is 29.3 Å². The van der Waals surface area contributed by atoms with Crippen molar-refractivity contribution in [2.24, 2.45) is 5.73 Å². The third-order valence-electron chi connectivity index (χ3n) is 3.54. The van der Waals surface area contributed by atoms with Crippen LogP contribution in [0.15, 0.2) is 22.7 Å². The fourth-order valence-electron chi connectivity index (χ4n) is 2.65. The Morgan fingerprint density at radius 2 is 2.06 bits per heavy atom. The van der Waals surface area contributed by atoms with Crippen LogP contribution in [0.1, 0.15) is 36.4 Å². The molecule has 1 aromatic carbocycles. The van der Waals surface area contributed by atoms with Crippen molar-refractivity contribution >= 4 is 15.9 Å². The zero-order valence-electron chi connectivity index (χ0n) is 10.5. The number of halogens is 1. The summed E-state index contributed by atoms with van der Waals surface area (Å²) in [5.41, 5.74) is 8.46. The van der Waals surface area contributed by atoms with Crippen molar-refractivity contribution < 1.29 is 0 Å². The van der Waals surface area contributed by atoms with Gasteiger partial charge in [0.2, 0.25) is 0 Å². The Kier molecular flexibility index (Phi) is 4.60. The molecule has 0 radical (unpaired) electrons. The lowest BCUT2D eigenvalue weighted by atomic mass is 10.0. The first-order chi connectivity index (χ1) is 8.22. The highest BCUT2D eigenvalue weighted by molar-refractivity contribution is 9.10. The van der Waals surface area contributed by atoms with Gasteiger partial charge in [0, 0.05) is 10.5 Å². The molecule has 0 aromatic heterocycles. The van der Waals surface area contributed by atoms with E-state index in [2.05, 4.69) is 46.0 Å². The van der Waals surface area contributed by atoms with Gasteiger partial charge >= 0.3 is 0 Å². The van der Waals surface area contributed by atoms with E-state index >= 15 is 0 Å².